The zero-order valence-electron chi connectivity index (χ0n) is 17.0. The van der Waals surface area contributed by atoms with Crippen LogP contribution in [-0.2, 0) is 27.2 Å². The lowest BCUT2D eigenvalue weighted by atomic mass is 10.1. The molecule has 2 aromatic carbocycles. The summed E-state index contributed by atoms with van der Waals surface area (Å²) in [7, 11) is 0. The van der Waals surface area contributed by atoms with E-state index in [-0.39, 0.29) is 24.3 Å². The summed E-state index contributed by atoms with van der Waals surface area (Å²) >= 11 is -2.58. The highest BCUT2D eigenvalue weighted by atomic mass is 32.2. The van der Waals surface area contributed by atoms with Crippen molar-refractivity contribution in [3.8, 4) is 11.1 Å². The highest BCUT2D eigenvalue weighted by Crippen LogP contribution is 2.28. The SMILES string of the molecule is O=C(Cc1cccc(N(c2ccc(-c3ccccc3)cc2)S(=O)[O-])n1)OC1CCCC1. The van der Waals surface area contributed by atoms with Crippen LogP contribution in [0.4, 0.5) is 11.5 Å². The number of carbonyl (C=O) groups excluding carboxylic acids is 1. The number of carbonyl (C=O) groups is 1. The van der Waals surface area contributed by atoms with Crippen molar-refractivity contribution < 1.29 is 18.3 Å². The van der Waals surface area contributed by atoms with E-state index in [1.165, 1.54) is 0 Å². The zero-order valence-corrected chi connectivity index (χ0v) is 17.8. The van der Waals surface area contributed by atoms with E-state index in [0.717, 1.165) is 41.1 Å². The molecular weight excluding hydrogens is 412 g/mol. The van der Waals surface area contributed by atoms with Gasteiger partial charge in [0.05, 0.1) is 29.1 Å². The van der Waals surface area contributed by atoms with E-state index in [9.17, 15) is 13.6 Å². The molecule has 0 amide bonds. The highest BCUT2D eigenvalue weighted by Gasteiger charge is 2.20. The van der Waals surface area contributed by atoms with Crippen molar-refractivity contribution in [2.45, 2.75) is 38.2 Å². The fourth-order valence-electron chi connectivity index (χ4n) is 3.77. The molecule has 3 aromatic rings. The maximum atomic E-state index is 12.2. The number of hydrogen-bond donors (Lipinski definition) is 0. The Bertz CT molecular complexity index is 1050. The highest BCUT2D eigenvalue weighted by molar-refractivity contribution is 7.81. The number of ether oxygens (including phenoxy) is 1. The number of anilines is 2. The van der Waals surface area contributed by atoms with E-state index in [0.29, 0.717) is 11.4 Å². The second-order valence-electron chi connectivity index (χ2n) is 7.48. The van der Waals surface area contributed by atoms with E-state index in [2.05, 4.69) is 4.98 Å². The minimum absolute atomic E-state index is 0.00976. The van der Waals surface area contributed by atoms with Gasteiger partial charge in [-0.3, -0.25) is 13.3 Å². The molecule has 1 atom stereocenters. The second kappa shape index (κ2) is 9.85. The van der Waals surface area contributed by atoms with Crippen molar-refractivity contribution in [3.05, 3.63) is 78.5 Å². The molecule has 31 heavy (non-hydrogen) atoms. The molecule has 0 saturated heterocycles. The van der Waals surface area contributed by atoms with Gasteiger partial charge in [-0.1, -0.05) is 48.5 Å². The monoisotopic (exact) mass is 435 g/mol. The van der Waals surface area contributed by atoms with Crippen LogP contribution in [0.25, 0.3) is 11.1 Å². The first-order valence-electron chi connectivity index (χ1n) is 10.3. The molecule has 1 aliphatic rings. The van der Waals surface area contributed by atoms with Crippen LogP contribution in [0, 0.1) is 0 Å². The summed E-state index contributed by atoms with van der Waals surface area (Å²) < 4.78 is 30.6. The van der Waals surface area contributed by atoms with Gasteiger partial charge in [0.2, 0.25) is 0 Å². The van der Waals surface area contributed by atoms with Crippen molar-refractivity contribution >= 4 is 28.7 Å². The van der Waals surface area contributed by atoms with Gasteiger partial charge >= 0.3 is 5.97 Å². The summed E-state index contributed by atoms with van der Waals surface area (Å²) in [5, 5.41) is 0. The Balaban J connectivity index is 1.52. The predicted octanol–water partition coefficient (Wildman–Crippen LogP) is 4.71. The smallest absolute Gasteiger partial charge is 0.312 e. The Morgan fingerprint density at radius 1 is 0.968 bits per heavy atom. The standard InChI is InChI=1S/C24H24N2O4S/c27-24(30-22-10-4-5-11-22)17-20-9-6-12-23(25-20)26(31(28)29)21-15-13-19(14-16-21)18-7-2-1-3-8-18/h1-3,6-9,12-16,22H,4-5,10-11,17H2,(H,28,29)/p-1. The minimum atomic E-state index is -2.58. The maximum absolute atomic E-state index is 12.2. The Labute approximate surface area is 184 Å². The summed E-state index contributed by atoms with van der Waals surface area (Å²) in [6, 6.07) is 22.0. The summed E-state index contributed by atoms with van der Waals surface area (Å²) in [5.74, 6) is -0.106. The number of nitrogens with zero attached hydrogens (tertiary/aromatic N) is 2. The van der Waals surface area contributed by atoms with Crippen LogP contribution < -0.4 is 4.31 Å². The first-order chi connectivity index (χ1) is 15.1. The fraction of sp³-hybridized carbons (Fsp3) is 0.250. The van der Waals surface area contributed by atoms with Gasteiger partial charge in [-0.2, -0.15) is 0 Å². The van der Waals surface area contributed by atoms with Crippen molar-refractivity contribution in [1.29, 1.82) is 0 Å². The van der Waals surface area contributed by atoms with Crippen LogP contribution in [0.15, 0.2) is 72.8 Å². The van der Waals surface area contributed by atoms with Gasteiger partial charge in [0.15, 0.2) is 0 Å². The van der Waals surface area contributed by atoms with Gasteiger partial charge in [-0.15, -0.1) is 0 Å². The van der Waals surface area contributed by atoms with Crippen molar-refractivity contribution in [1.82, 2.24) is 4.98 Å². The third kappa shape index (κ3) is 5.37. The van der Waals surface area contributed by atoms with Crippen LogP contribution in [0.2, 0.25) is 0 Å². The van der Waals surface area contributed by atoms with E-state index in [4.69, 9.17) is 4.74 Å². The summed E-state index contributed by atoms with van der Waals surface area (Å²) in [6.07, 6.45) is 3.97. The topological polar surface area (TPSA) is 82.6 Å². The molecule has 4 rings (SSSR count). The lowest BCUT2D eigenvalue weighted by Gasteiger charge is -2.26. The molecule has 1 unspecified atom stereocenters. The average Bonchev–Trinajstić information content (AvgIpc) is 3.28. The molecule has 0 aliphatic heterocycles. The van der Waals surface area contributed by atoms with Gasteiger partial charge in [-0.25, -0.2) is 4.98 Å². The molecule has 1 aliphatic carbocycles. The molecule has 0 bridgehead atoms. The average molecular weight is 436 g/mol. The summed E-state index contributed by atoms with van der Waals surface area (Å²) in [5.41, 5.74) is 2.96. The molecular formula is C24H23N2O4S-. The number of rotatable bonds is 7. The van der Waals surface area contributed by atoms with Crippen LogP contribution in [0.3, 0.4) is 0 Å². The van der Waals surface area contributed by atoms with Crippen molar-refractivity contribution in [2.75, 3.05) is 4.31 Å². The van der Waals surface area contributed by atoms with E-state index < -0.39 is 11.3 Å². The Morgan fingerprint density at radius 2 is 1.65 bits per heavy atom. The fourth-order valence-corrected chi connectivity index (χ4v) is 4.32. The van der Waals surface area contributed by atoms with Gasteiger partial charge in [0.1, 0.15) is 11.9 Å². The molecule has 7 heteroatoms. The molecule has 0 spiro atoms. The number of hydrogen-bond acceptors (Lipinski definition) is 5. The third-order valence-corrected chi connectivity index (χ3v) is 5.98. The molecule has 0 N–H and O–H groups in total. The van der Waals surface area contributed by atoms with Gasteiger partial charge in [0, 0.05) is 0 Å². The Kier molecular flexibility index (Phi) is 6.74. The molecule has 0 radical (unpaired) electrons. The van der Waals surface area contributed by atoms with E-state index >= 15 is 0 Å². The number of aromatic nitrogens is 1. The molecule has 1 saturated carbocycles. The van der Waals surface area contributed by atoms with Crippen LogP contribution in [0.5, 0.6) is 0 Å². The maximum Gasteiger partial charge on any atom is 0.312 e. The predicted molar refractivity (Wildman–Crippen MR) is 119 cm³/mol. The number of pyridine rings is 1. The Morgan fingerprint density at radius 3 is 2.32 bits per heavy atom. The summed E-state index contributed by atoms with van der Waals surface area (Å²) in [6.45, 7) is 0. The molecule has 1 fully saturated rings. The first kappa shape index (κ1) is 21.2. The molecule has 1 aromatic heterocycles. The zero-order chi connectivity index (χ0) is 21.6. The lowest BCUT2D eigenvalue weighted by Crippen LogP contribution is -2.21. The second-order valence-corrected chi connectivity index (χ2v) is 8.28. The molecule has 1 heterocycles. The number of benzene rings is 2. The number of esters is 1. The first-order valence-corrected chi connectivity index (χ1v) is 11.3. The van der Waals surface area contributed by atoms with Crippen molar-refractivity contribution in [3.63, 3.8) is 0 Å². The van der Waals surface area contributed by atoms with E-state index in [1.807, 2.05) is 42.5 Å². The van der Waals surface area contributed by atoms with Gasteiger partial charge < -0.3 is 9.29 Å². The largest absolute Gasteiger partial charge is 0.755 e. The Hall–Kier alpha value is -3.03. The third-order valence-electron chi connectivity index (χ3n) is 5.28. The quantitative estimate of drug-likeness (QED) is 0.396. The normalized spacial score (nSPS) is 14.9. The van der Waals surface area contributed by atoms with Crippen molar-refractivity contribution in [2.24, 2.45) is 0 Å². The minimum Gasteiger partial charge on any atom is -0.755 e. The van der Waals surface area contributed by atoms with Crippen LogP contribution >= 0.6 is 0 Å². The van der Waals surface area contributed by atoms with Gasteiger partial charge in [0.25, 0.3) is 0 Å². The molecule has 6 nitrogen and oxygen atoms in total. The lowest BCUT2D eigenvalue weighted by molar-refractivity contribution is -0.147. The van der Waals surface area contributed by atoms with E-state index in [1.54, 1.807) is 30.3 Å². The molecule has 160 valence electrons. The summed E-state index contributed by atoms with van der Waals surface area (Å²) in [4.78, 5) is 16.6. The van der Waals surface area contributed by atoms with Crippen LogP contribution in [0.1, 0.15) is 31.4 Å². The van der Waals surface area contributed by atoms with Crippen LogP contribution in [-0.4, -0.2) is 25.8 Å². The van der Waals surface area contributed by atoms with Gasteiger partial charge in [-0.05, 0) is 61.1 Å².